The number of nitrogens with one attached hydrogen (secondary N) is 1. The van der Waals surface area contributed by atoms with Crippen molar-refractivity contribution in [3.63, 3.8) is 0 Å². The van der Waals surface area contributed by atoms with Crippen LogP contribution in [0.3, 0.4) is 0 Å². The third-order valence-corrected chi connectivity index (χ3v) is 2.24. The van der Waals surface area contributed by atoms with Crippen molar-refractivity contribution in [2.75, 3.05) is 32.1 Å². The van der Waals surface area contributed by atoms with Crippen LogP contribution in [0.5, 0.6) is 0 Å². The molecule has 0 unspecified atom stereocenters. The predicted octanol–water partition coefficient (Wildman–Crippen LogP) is 2.01. The molecule has 0 saturated carbocycles. The second kappa shape index (κ2) is 5.66. The zero-order valence-corrected chi connectivity index (χ0v) is 9.06. The molecule has 0 aliphatic carbocycles. The van der Waals surface area contributed by atoms with Gasteiger partial charge in [-0.1, -0.05) is 6.07 Å². The number of anilines is 1. The van der Waals surface area contributed by atoms with E-state index in [4.69, 9.17) is 0 Å². The standard InChI is InChI=1S/C11H16F2N2/c1-14-7-4-8-15(2)11-9(12)5-3-6-10(11)13/h3,5-6,14H,4,7-8H2,1-2H3. The number of benzene rings is 1. The number of para-hydroxylation sites is 1. The molecule has 1 rings (SSSR count). The van der Waals surface area contributed by atoms with Crippen molar-refractivity contribution in [3.8, 4) is 0 Å². The van der Waals surface area contributed by atoms with E-state index in [1.807, 2.05) is 7.05 Å². The van der Waals surface area contributed by atoms with Crippen LogP contribution in [0.25, 0.3) is 0 Å². The molecule has 15 heavy (non-hydrogen) atoms. The first-order valence-electron chi connectivity index (χ1n) is 4.96. The third-order valence-electron chi connectivity index (χ3n) is 2.24. The largest absolute Gasteiger partial charge is 0.370 e. The lowest BCUT2D eigenvalue weighted by Crippen LogP contribution is -2.24. The zero-order chi connectivity index (χ0) is 11.3. The molecule has 1 aromatic rings. The van der Waals surface area contributed by atoms with E-state index in [2.05, 4.69) is 5.32 Å². The first-order chi connectivity index (χ1) is 7.16. The van der Waals surface area contributed by atoms with Gasteiger partial charge in [-0.2, -0.15) is 0 Å². The van der Waals surface area contributed by atoms with Crippen molar-refractivity contribution >= 4 is 5.69 Å². The molecular weight excluding hydrogens is 198 g/mol. The fraction of sp³-hybridized carbons (Fsp3) is 0.455. The summed E-state index contributed by atoms with van der Waals surface area (Å²) in [5.41, 5.74) is 0.0496. The van der Waals surface area contributed by atoms with Crippen molar-refractivity contribution < 1.29 is 8.78 Å². The van der Waals surface area contributed by atoms with Crippen molar-refractivity contribution in [1.29, 1.82) is 0 Å². The number of hydrogen-bond donors (Lipinski definition) is 1. The fourth-order valence-corrected chi connectivity index (χ4v) is 1.46. The Hall–Kier alpha value is -1.16. The first-order valence-corrected chi connectivity index (χ1v) is 4.96. The zero-order valence-electron chi connectivity index (χ0n) is 9.06. The van der Waals surface area contributed by atoms with Gasteiger partial charge in [0.2, 0.25) is 0 Å². The Bertz CT molecular complexity index is 295. The van der Waals surface area contributed by atoms with Crippen molar-refractivity contribution in [2.45, 2.75) is 6.42 Å². The third kappa shape index (κ3) is 3.16. The van der Waals surface area contributed by atoms with E-state index >= 15 is 0 Å². The Labute approximate surface area is 88.9 Å². The van der Waals surface area contributed by atoms with E-state index in [0.29, 0.717) is 6.54 Å². The molecule has 1 aromatic carbocycles. The van der Waals surface area contributed by atoms with Crippen LogP contribution in [-0.2, 0) is 0 Å². The molecule has 0 radical (unpaired) electrons. The Morgan fingerprint density at radius 2 is 1.87 bits per heavy atom. The van der Waals surface area contributed by atoms with Crippen LogP contribution >= 0.6 is 0 Å². The predicted molar refractivity (Wildman–Crippen MR) is 58.2 cm³/mol. The van der Waals surface area contributed by atoms with Gasteiger partial charge in [-0.25, -0.2) is 8.78 Å². The van der Waals surface area contributed by atoms with Gasteiger partial charge in [0.05, 0.1) is 0 Å². The number of nitrogens with zero attached hydrogens (tertiary/aromatic N) is 1. The molecule has 0 spiro atoms. The van der Waals surface area contributed by atoms with Crippen LogP contribution in [-0.4, -0.2) is 27.2 Å². The average molecular weight is 214 g/mol. The van der Waals surface area contributed by atoms with Crippen LogP contribution in [0.1, 0.15) is 6.42 Å². The Kier molecular flexibility index (Phi) is 4.49. The number of halogens is 2. The molecule has 0 atom stereocenters. The molecular formula is C11H16F2N2. The lowest BCUT2D eigenvalue weighted by molar-refractivity contribution is 0.573. The van der Waals surface area contributed by atoms with E-state index in [9.17, 15) is 8.78 Å². The van der Waals surface area contributed by atoms with Gasteiger partial charge in [-0.05, 0) is 32.1 Å². The maximum Gasteiger partial charge on any atom is 0.149 e. The van der Waals surface area contributed by atoms with Crippen LogP contribution < -0.4 is 10.2 Å². The molecule has 2 nitrogen and oxygen atoms in total. The summed E-state index contributed by atoms with van der Waals surface area (Å²) in [6, 6.07) is 3.91. The quantitative estimate of drug-likeness (QED) is 0.754. The SMILES string of the molecule is CNCCCN(C)c1c(F)cccc1F. The van der Waals surface area contributed by atoms with Gasteiger partial charge in [0.1, 0.15) is 17.3 Å². The minimum absolute atomic E-state index is 0.0496. The summed E-state index contributed by atoms with van der Waals surface area (Å²) in [7, 11) is 3.54. The maximum atomic E-state index is 13.3. The molecule has 4 heteroatoms. The number of hydrogen-bond acceptors (Lipinski definition) is 2. The topological polar surface area (TPSA) is 15.3 Å². The van der Waals surface area contributed by atoms with Crippen LogP contribution in [0.2, 0.25) is 0 Å². The maximum absolute atomic E-state index is 13.3. The van der Waals surface area contributed by atoms with Crippen LogP contribution in [0.4, 0.5) is 14.5 Å². The van der Waals surface area contributed by atoms with Gasteiger partial charge in [-0.3, -0.25) is 0 Å². The van der Waals surface area contributed by atoms with E-state index in [1.165, 1.54) is 18.2 Å². The summed E-state index contributed by atoms with van der Waals surface area (Å²) in [5, 5.41) is 2.99. The van der Waals surface area contributed by atoms with Gasteiger partial charge < -0.3 is 10.2 Å². The molecule has 1 N–H and O–H groups in total. The molecule has 0 bridgehead atoms. The minimum Gasteiger partial charge on any atom is -0.370 e. The second-order valence-corrected chi connectivity index (χ2v) is 3.45. The Morgan fingerprint density at radius 1 is 1.27 bits per heavy atom. The summed E-state index contributed by atoms with van der Waals surface area (Å²) >= 11 is 0. The smallest absolute Gasteiger partial charge is 0.149 e. The fourth-order valence-electron chi connectivity index (χ4n) is 1.46. The van der Waals surface area contributed by atoms with Gasteiger partial charge >= 0.3 is 0 Å². The van der Waals surface area contributed by atoms with Crippen molar-refractivity contribution in [1.82, 2.24) is 5.32 Å². The molecule has 0 heterocycles. The second-order valence-electron chi connectivity index (χ2n) is 3.45. The minimum atomic E-state index is -0.512. The molecule has 0 aromatic heterocycles. The lowest BCUT2D eigenvalue weighted by Gasteiger charge is -2.20. The van der Waals surface area contributed by atoms with Crippen LogP contribution in [0.15, 0.2) is 18.2 Å². The van der Waals surface area contributed by atoms with E-state index < -0.39 is 11.6 Å². The highest BCUT2D eigenvalue weighted by molar-refractivity contribution is 5.48. The van der Waals surface area contributed by atoms with E-state index in [1.54, 1.807) is 11.9 Å². The molecule has 0 aliphatic heterocycles. The Morgan fingerprint density at radius 3 is 2.40 bits per heavy atom. The summed E-state index contributed by atoms with van der Waals surface area (Å²) < 4.78 is 26.6. The van der Waals surface area contributed by atoms with Crippen molar-refractivity contribution in [2.24, 2.45) is 0 Å². The molecule has 0 aliphatic rings. The van der Waals surface area contributed by atoms with E-state index in [-0.39, 0.29) is 5.69 Å². The summed E-state index contributed by atoms with van der Waals surface area (Å²) in [4.78, 5) is 1.60. The Balaban J connectivity index is 2.68. The summed E-state index contributed by atoms with van der Waals surface area (Å²) in [6.45, 7) is 1.46. The normalized spacial score (nSPS) is 10.4. The van der Waals surface area contributed by atoms with Crippen molar-refractivity contribution in [3.05, 3.63) is 29.8 Å². The number of rotatable bonds is 5. The van der Waals surface area contributed by atoms with Gasteiger partial charge in [0.25, 0.3) is 0 Å². The molecule has 0 saturated heterocycles. The average Bonchev–Trinajstić information content (AvgIpc) is 2.18. The van der Waals surface area contributed by atoms with Gasteiger partial charge in [0.15, 0.2) is 0 Å². The highest BCUT2D eigenvalue weighted by atomic mass is 19.1. The molecule has 0 amide bonds. The van der Waals surface area contributed by atoms with Crippen LogP contribution in [0, 0.1) is 11.6 Å². The van der Waals surface area contributed by atoms with Gasteiger partial charge in [0, 0.05) is 13.6 Å². The summed E-state index contributed by atoms with van der Waals surface area (Å²) in [6.07, 6.45) is 0.848. The molecule has 0 fully saturated rings. The van der Waals surface area contributed by atoms with Gasteiger partial charge in [-0.15, -0.1) is 0 Å². The summed E-state index contributed by atoms with van der Waals surface area (Å²) in [5.74, 6) is -1.02. The first kappa shape index (κ1) is 11.9. The lowest BCUT2D eigenvalue weighted by atomic mass is 10.2. The molecule has 84 valence electrons. The highest BCUT2D eigenvalue weighted by Gasteiger charge is 2.12. The highest BCUT2D eigenvalue weighted by Crippen LogP contribution is 2.21. The monoisotopic (exact) mass is 214 g/mol. The van der Waals surface area contributed by atoms with E-state index in [0.717, 1.165) is 13.0 Å².